The van der Waals surface area contributed by atoms with Gasteiger partial charge in [-0.15, -0.1) is 0 Å². The molecule has 2 atom stereocenters. The van der Waals surface area contributed by atoms with Crippen LogP contribution in [0.25, 0.3) is 54.6 Å². The highest BCUT2D eigenvalue weighted by atomic mass is 15.1. The van der Waals surface area contributed by atoms with Gasteiger partial charge < -0.3 is 4.90 Å². The van der Waals surface area contributed by atoms with Crippen molar-refractivity contribution in [2.24, 2.45) is 5.92 Å². The van der Waals surface area contributed by atoms with Crippen molar-refractivity contribution in [3.05, 3.63) is 199 Å². The van der Waals surface area contributed by atoms with Crippen molar-refractivity contribution < 1.29 is 0 Å². The molecular weight excluding hydrogens is 627 g/mol. The third-order valence-electron chi connectivity index (χ3n) is 11.8. The van der Waals surface area contributed by atoms with Gasteiger partial charge in [-0.1, -0.05) is 159 Å². The number of fused-ring (bicyclic) bond motifs is 9. The molecule has 248 valence electrons. The molecule has 0 fully saturated rings. The third-order valence-corrected chi connectivity index (χ3v) is 11.8. The molecule has 2 aliphatic rings. The van der Waals surface area contributed by atoms with Gasteiger partial charge in [0.05, 0.1) is 0 Å². The van der Waals surface area contributed by atoms with Crippen molar-refractivity contribution in [3.8, 4) is 22.3 Å². The first kappa shape index (κ1) is 30.6. The maximum atomic E-state index is 2.45. The Bertz CT molecular complexity index is 2660. The molecule has 0 aliphatic heterocycles. The Morgan fingerprint density at radius 2 is 0.885 bits per heavy atom. The number of hydrogen-bond donors (Lipinski definition) is 0. The van der Waals surface area contributed by atoms with Crippen molar-refractivity contribution >= 4 is 49.4 Å². The van der Waals surface area contributed by atoms with Crippen LogP contribution >= 0.6 is 0 Å². The number of anilines is 3. The highest BCUT2D eigenvalue weighted by Gasteiger charge is 2.44. The van der Waals surface area contributed by atoms with Crippen molar-refractivity contribution in [2.75, 3.05) is 4.90 Å². The van der Waals surface area contributed by atoms with E-state index in [0.29, 0.717) is 11.8 Å². The van der Waals surface area contributed by atoms with Crippen LogP contribution in [0, 0.1) is 5.92 Å². The van der Waals surface area contributed by atoms with E-state index < -0.39 is 0 Å². The molecule has 2 unspecified atom stereocenters. The molecule has 1 heteroatoms. The molecule has 8 aromatic rings. The van der Waals surface area contributed by atoms with Crippen LogP contribution in [0.1, 0.15) is 30.9 Å². The zero-order valence-corrected chi connectivity index (χ0v) is 29.5. The van der Waals surface area contributed by atoms with Crippen LogP contribution in [0.15, 0.2) is 188 Å². The van der Waals surface area contributed by atoms with Crippen molar-refractivity contribution in [3.63, 3.8) is 0 Å². The Morgan fingerprint density at radius 1 is 0.404 bits per heavy atom. The van der Waals surface area contributed by atoms with Crippen LogP contribution < -0.4 is 4.90 Å². The van der Waals surface area contributed by atoms with Crippen molar-refractivity contribution in [1.29, 1.82) is 0 Å². The van der Waals surface area contributed by atoms with Crippen LogP contribution in [-0.4, -0.2) is 0 Å². The summed E-state index contributed by atoms with van der Waals surface area (Å²) in [5, 5.41) is 7.80. The summed E-state index contributed by atoms with van der Waals surface area (Å²) in [5.41, 5.74) is 11.3. The summed E-state index contributed by atoms with van der Waals surface area (Å²) in [7, 11) is 0. The van der Waals surface area contributed by atoms with E-state index in [9.17, 15) is 0 Å². The lowest BCUT2D eigenvalue weighted by molar-refractivity contribution is 0.394. The molecule has 10 rings (SSSR count). The van der Waals surface area contributed by atoms with Gasteiger partial charge in [0.25, 0.3) is 0 Å². The molecule has 0 amide bonds. The second-order valence-corrected chi connectivity index (χ2v) is 15.0. The lowest BCUT2D eigenvalue weighted by Crippen LogP contribution is -2.24. The Hall–Kier alpha value is -6.18. The predicted molar refractivity (Wildman–Crippen MR) is 222 cm³/mol. The molecule has 0 bridgehead atoms. The Balaban J connectivity index is 1.08. The van der Waals surface area contributed by atoms with Gasteiger partial charge >= 0.3 is 0 Å². The average molecular weight is 666 g/mol. The largest absolute Gasteiger partial charge is 0.310 e. The second-order valence-electron chi connectivity index (χ2n) is 15.0. The molecular formula is C51H39N. The summed E-state index contributed by atoms with van der Waals surface area (Å²) < 4.78 is 0. The van der Waals surface area contributed by atoms with Crippen molar-refractivity contribution in [2.45, 2.75) is 25.2 Å². The number of benzene rings is 8. The Labute approximate surface area is 305 Å². The molecule has 0 saturated heterocycles. The van der Waals surface area contributed by atoms with Crippen LogP contribution in [0.5, 0.6) is 0 Å². The van der Waals surface area contributed by atoms with Gasteiger partial charge in [-0.2, -0.15) is 0 Å². The fourth-order valence-electron chi connectivity index (χ4n) is 9.08. The first-order chi connectivity index (χ1) is 25.5. The van der Waals surface area contributed by atoms with Crippen LogP contribution in [0.2, 0.25) is 0 Å². The summed E-state index contributed by atoms with van der Waals surface area (Å²) in [4.78, 5) is 2.42. The van der Waals surface area contributed by atoms with Crippen LogP contribution in [0.4, 0.5) is 17.1 Å². The Morgan fingerprint density at radius 3 is 1.52 bits per heavy atom. The lowest BCUT2D eigenvalue weighted by atomic mass is 9.74. The summed E-state index contributed by atoms with van der Waals surface area (Å²) >= 11 is 0. The molecule has 1 nitrogen and oxygen atoms in total. The van der Waals surface area contributed by atoms with Gasteiger partial charge in [-0.25, -0.2) is 0 Å². The minimum absolute atomic E-state index is 0.0372. The molecule has 0 N–H and O–H groups in total. The van der Waals surface area contributed by atoms with Crippen LogP contribution in [-0.2, 0) is 5.41 Å². The summed E-state index contributed by atoms with van der Waals surface area (Å²) in [6.07, 6.45) is 9.22. The fraction of sp³-hybridized carbons (Fsp3) is 0.0980. The molecule has 52 heavy (non-hydrogen) atoms. The van der Waals surface area contributed by atoms with Gasteiger partial charge in [0.2, 0.25) is 0 Å². The molecule has 8 aromatic carbocycles. The highest BCUT2D eigenvalue weighted by Crippen LogP contribution is 2.54. The van der Waals surface area contributed by atoms with E-state index in [-0.39, 0.29) is 5.41 Å². The third kappa shape index (κ3) is 4.84. The number of hydrogen-bond acceptors (Lipinski definition) is 1. The number of allylic oxidation sites excluding steroid dienone is 4. The predicted octanol–water partition coefficient (Wildman–Crippen LogP) is 14.1. The zero-order chi connectivity index (χ0) is 34.8. The molecule has 0 spiro atoms. The zero-order valence-electron chi connectivity index (χ0n) is 29.5. The molecule has 0 saturated carbocycles. The average Bonchev–Trinajstić information content (AvgIpc) is 3.44. The normalized spacial score (nSPS) is 17.0. The topological polar surface area (TPSA) is 3.24 Å². The summed E-state index contributed by atoms with van der Waals surface area (Å²) in [5.74, 6) is 0.900. The minimum Gasteiger partial charge on any atom is -0.310 e. The lowest BCUT2D eigenvalue weighted by Gasteiger charge is -2.30. The summed E-state index contributed by atoms with van der Waals surface area (Å²) in [6.45, 7) is 4.82. The molecule has 0 heterocycles. The quantitative estimate of drug-likeness (QED) is 0.165. The first-order valence-corrected chi connectivity index (χ1v) is 18.4. The fourth-order valence-corrected chi connectivity index (χ4v) is 9.08. The second kappa shape index (κ2) is 12.0. The maximum Gasteiger partial charge on any atom is 0.0464 e. The Kier molecular flexibility index (Phi) is 7.05. The number of nitrogens with zero attached hydrogens (tertiary/aromatic N) is 1. The number of rotatable bonds is 5. The van der Waals surface area contributed by atoms with Gasteiger partial charge in [0.1, 0.15) is 0 Å². The van der Waals surface area contributed by atoms with Gasteiger partial charge in [-0.05, 0) is 119 Å². The van der Waals surface area contributed by atoms with E-state index in [4.69, 9.17) is 0 Å². The monoisotopic (exact) mass is 665 g/mol. The molecule has 0 aromatic heterocycles. The standard InChI is InChI=1S/C51H39N/c1-51(2)49-19-11-10-18-46(49)47-31-29-40(33-50(47)51)52(38-25-20-35(21-26-38)34-12-4-3-5-13-34)39-27-22-36(23-28-39)37-24-30-45-43-16-7-6-14-41(43)42-15-8-9-17-44(42)48(45)32-37/h3-33,46,49H,1-2H3. The van der Waals surface area contributed by atoms with E-state index in [1.165, 1.54) is 71.4 Å². The first-order valence-electron chi connectivity index (χ1n) is 18.4. The van der Waals surface area contributed by atoms with E-state index in [1.807, 2.05) is 0 Å². The summed E-state index contributed by atoms with van der Waals surface area (Å²) in [6, 6.07) is 60.5. The van der Waals surface area contributed by atoms with Gasteiger partial charge in [0, 0.05) is 23.0 Å². The van der Waals surface area contributed by atoms with Gasteiger partial charge in [0.15, 0.2) is 0 Å². The van der Waals surface area contributed by atoms with Crippen LogP contribution in [0.3, 0.4) is 0 Å². The van der Waals surface area contributed by atoms with Crippen molar-refractivity contribution in [1.82, 2.24) is 0 Å². The maximum absolute atomic E-state index is 2.45. The van der Waals surface area contributed by atoms with E-state index >= 15 is 0 Å². The SMILES string of the molecule is CC1(C)c2cc(N(c3ccc(-c4ccccc4)cc3)c3ccc(-c4ccc5c6ccccc6c6ccccc6c5c4)cc3)ccc2C2C=CC=CC21. The minimum atomic E-state index is 0.0372. The van der Waals surface area contributed by atoms with E-state index in [1.54, 1.807) is 0 Å². The van der Waals surface area contributed by atoms with Gasteiger partial charge in [-0.3, -0.25) is 0 Å². The smallest absolute Gasteiger partial charge is 0.0464 e. The highest BCUT2D eigenvalue weighted by molar-refractivity contribution is 6.25. The molecule has 2 aliphatic carbocycles. The molecule has 0 radical (unpaired) electrons. The van der Waals surface area contributed by atoms with E-state index in [0.717, 1.165) is 11.4 Å². The van der Waals surface area contributed by atoms with E-state index in [2.05, 4.69) is 207 Å².